The second-order valence-corrected chi connectivity index (χ2v) is 7.30. The van der Waals surface area contributed by atoms with E-state index in [9.17, 15) is 8.78 Å². The molecule has 112 valence electrons. The third kappa shape index (κ3) is 2.71. The first-order valence-electron chi connectivity index (χ1n) is 8.36. The van der Waals surface area contributed by atoms with Gasteiger partial charge in [-0.2, -0.15) is 5.26 Å². The molecular weight excluding hydrogens is 256 g/mol. The van der Waals surface area contributed by atoms with Gasteiger partial charge in [0, 0.05) is 0 Å². The van der Waals surface area contributed by atoms with Gasteiger partial charge in [0.25, 0.3) is 0 Å². The Morgan fingerprint density at radius 2 is 1.25 bits per heavy atom. The van der Waals surface area contributed by atoms with Crippen molar-refractivity contribution < 1.29 is 8.78 Å². The molecule has 0 bridgehead atoms. The van der Waals surface area contributed by atoms with Crippen molar-refractivity contribution in [3.8, 4) is 6.07 Å². The first-order chi connectivity index (χ1) is 9.69. The number of fused-ring (bicyclic) bond motifs is 1. The van der Waals surface area contributed by atoms with E-state index in [0.29, 0.717) is 18.8 Å². The quantitative estimate of drug-likeness (QED) is 0.676. The minimum Gasteiger partial charge on any atom is -0.246 e. The molecule has 0 spiro atoms. The molecular formula is C17H25F2N. The van der Waals surface area contributed by atoms with Gasteiger partial charge in [0.2, 0.25) is 0 Å². The predicted octanol–water partition coefficient (Wildman–Crippen LogP) is 4.82. The molecule has 0 aromatic rings. The largest absolute Gasteiger partial charge is 0.246 e. The summed E-state index contributed by atoms with van der Waals surface area (Å²) < 4.78 is 27.9. The number of rotatable bonds is 1. The lowest BCUT2D eigenvalue weighted by molar-refractivity contribution is 0.0198. The van der Waals surface area contributed by atoms with Crippen LogP contribution in [0.2, 0.25) is 0 Å². The zero-order valence-corrected chi connectivity index (χ0v) is 12.1. The van der Waals surface area contributed by atoms with Crippen molar-refractivity contribution in [1.82, 2.24) is 0 Å². The van der Waals surface area contributed by atoms with Crippen LogP contribution in [0.1, 0.15) is 57.8 Å². The van der Waals surface area contributed by atoms with Crippen LogP contribution < -0.4 is 0 Å². The van der Waals surface area contributed by atoms with E-state index in [0.717, 1.165) is 18.3 Å². The summed E-state index contributed by atoms with van der Waals surface area (Å²) in [7, 11) is 0. The summed E-state index contributed by atoms with van der Waals surface area (Å²) in [6.45, 7) is 0. The fourth-order valence-electron chi connectivity index (χ4n) is 5.08. The van der Waals surface area contributed by atoms with Crippen molar-refractivity contribution in [2.24, 2.45) is 29.6 Å². The lowest BCUT2D eigenvalue weighted by Crippen LogP contribution is -2.39. The van der Waals surface area contributed by atoms with E-state index in [1.807, 2.05) is 6.07 Å². The fourth-order valence-corrected chi connectivity index (χ4v) is 5.08. The Morgan fingerprint density at radius 1 is 0.700 bits per heavy atom. The number of nitriles is 1. The molecule has 0 amide bonds. The van der Waals surface area contributed by atoms with Gasteiger partial charge in [0.1, 0.15) is 18.3 Å². The predicted molar refractivity (Wildman–Crippen MR) is 74.4 cm³/mol. The third-order valence-electron chi connectivity index (χ3n) is 6.23. The monoisotopic (exact) mass is 281 g/mol. The molecule has 3 fully saturated rings. The second kappa shape index (κ2) is 6.00. The summed E-state index contributed by atoms with van der Waals surface area (Å²) >= 11 is 0. The maximum absolute atomic E-state index is 14.0. The summed E-state index contributed by atoms with van der Waals surface area (Å²) in [5, 5.41) is 8.85. The number of alkyl halides is 2. The van der Waals surface area contributed by atoms with E-state index in [4.69, 9.17) is 5.26 Å². The average Bonchev–Trinajstić information content (AvgIpc) is 2.46. The van der Waals surface area contributed by atoms with Gasteiger partial charge in [-0.25, -0.2) is 8.78 Å². The summed E-state index contributed by atoms with van der Waals surface area (Å²) in [5.41, 5.74) is 0. The smallest absolute Gasteiger partial charge is 0.119 e. The van der Waals surface area contributed by atoms with Gasteiger partial charge in [-0.05, 0) is 55.8 Å². The van der Waals surface area contributed by atoms with Crippen LogP contribution in [0.15, 0.2) is 0 Å². The van der Waals surface area contributed by atoms with Crippen molar-refractivity contribution in [1.29, 1.82) is 5.26 Å². The summed E-state index contributed by atoms with van der Waals surface area (Å²) in [4.78, 5) is 0. The molecule has 3 heteroatoms. The number of hydrogen-bond donors (Lipinski definition) is 0. The lowest BCUT2D eigenvalue weighted by Gasteiger charge is -2.44. The van der Waals surface area contributed by atoms with E-state index >= 15 is 0 Å². The first kappa shape index (κ1) is 14.3. The highest BCUT2D eigenvalue weighted by Gasteiger charge is 2.43. The van der Waals surface area contributed by atoms with Crippen LogP contribution in [-0.2, 0) is 0 Å². The summed E-state index contributed by atoms with van der Waals surface area (Å²) in [5.74, 6) is 1.36. The fraction of sp³-hybridized carbons (Fsp3) is 0.941. The van der Waals surface area contributed by atoms with Gasteiger partial charge >= 0.3 is 0 Å². The van der Waals surface area contributed by atoms with Gasteiger partial charge in [0.15, 0.2) is 0 Å². The van der Waals surface area contributed by atoms with E-state index < -0.39 is 18.3 Å². The molecule has 3 aliphatic rings. The molecule has 0 aromatic carbocycles. The molecule has 3 rings (SSSR count). The van der Waals surface area contributed by atoms with Crippen LogP contribution in [-0.4, -0.2) is 12.3 Å². The Bertz CT molecular complexity index is 366. The minimum absolute atomic E-state index is 0.174. The van der Waals surface area contributed by atoms with Crippen LogP contribution in [0.3, 0.4) is 0 Å². The number of halogens is 2. The highest BCUT2D eigenvalue weighted by atomic mass is 19.1. The highest BCUT2D eigenvalue weighted by Crippen LogP contribution is 2.48. The maximum Gasteiger partial charge on any atom is 0.119 e. The Morgan fingerprint density at radius 3 is 1.90 bits per heavy atom. The average molecular weight is 281 g/mol. The van der Waals surface area contributed by atoms with Crippen LogP contribution in [0, 0.1) is 40.9 Å². The normalized spacial score (nSPS) is 49.1. The lowest BCUT2D eigenvalue weighted by atomic mass is 9.62. The zero-order chi connectivity index (χ0) is 14.1. The molecule has 3 aliphatic carbocycles. The molecule has 0 radical (unpaired) electrons. The molecule has 20 heavy (non-hydrogen) atoms. The van der Waals surface area contributed by atoms with Crippen LogP contribution in [0.4, 0.5) is 8.78 Å². The van der Waals surface area contributed by atoms with Gasteiger partial charge < -0.3 is 0 Å². The third-order valence-corrected chi connectivity index (χ3v) is 6.23. The summed E-state index contributed by atoms with van der Waals surface area (Å²) in [6, 6.07) is 1.82. The Balaban J connectivity index is 1.61. The SMILES string of the molecule is N#CC1C(F)CC(C2CCC3CCCCC3C2)CC1F. The molecule has 0 aliphatic heterocycles. The maximum atomic E-state index is 14.0. The Kier molecular flexibility index (Phi) is 4.29. The van der Waals surface area contributed by atoms with E-state index in [1.54, 1.807) is 0 Å². The highest BCUT2D eigenvalue weighted by molar-refractivity contribution is 5.00. The summed E-state index contributed by atoms with van der Waals surface area (Å²) in [6.07, 6.45) is 7.35. The number of hydrogen-bond acceptors (Lipinski definition) is 1. The Labute approximate surface area is 120 Å². The van der Waals surface area contributed by atoms with E-state index in [-0.39, 0.29) is 5.92 Å². The van der Waals surface area contributed by atoms with E-state index in [2.05, 4.69) is 0 Å². The molecule has 0 aromatic heterocycles. The van der Waals surface area contributed by atoms with E-state index in [1.165, 1.54) is 38.5 Å². The van der Waals surface area contributed by atoms with Crippen molar-refractivity contribution in [2.45, 2.75) is 70.1 Å². The molecule has 5 atom stereocenters. The molecule has 5 unspecified atom stereocenters. The van der Waals surface area contributed by atoms with Crippen molar-refractivity contribution in [3.05, 3.63) is 0 Å². The molecule has 0 heterocycles. The molecule has 0 saturated heterocycles. The van der Waals surface area contributed by atoms with Gasteiger partial charge in [-0.3, -0.25) is 0 Å². The van der Waals surface area contributed by atoms with Gasteiger partial charge in [-0.1, -0.05) is 25.7 Å². The van der Waals surface area contributed by atoms with Crippen molar-refractivity contribution in [3.63, 3.8) is 0 Å². The van der Waals surface area contributed by atoms with Crippen LogP contribution in [0.5, 0.6) is 0 Å². The molecule has 1 nitrogen and oxygen atoms in total. The van der Waals surface area contributed by atoms with Crippen molar-refractivity contribution >= 4 is 0 Å². The second-order valence-electron chi connectivity index (χ2n) is 7.30. The van der Waals surface area contributed by atoms with Crippen LogP contribution in [0.25, 0.3) is 0 Å². The van der Waals surface area contributed by atoms with Gasteiger partial charge in [0.05, 0.1) is 6.07 Å². The molecule has 3 saturated carbocycles. The zero-order valence-electron chi connectivity index (χ0n) is 12.1. The molecule has 0 N–H and O–H groups in total. The van der Waals surface area contributed by atoms with Crippen LogP contribution >= 0.6 is 0 Å². The standard InChI is InChI=1S/C17H25F2N/c18-16-8-14(9-17(19)15(16)10-20)13-6-5-11-3-1-2-4-12(11)7-13/h11-17H,1-9H2. The van der Waals surface area contributed by atoms with Gasteiger partial charge in [-0.15, -0.1) is 0 Å². The van der Waals surface area contributed by atoms with Crippen molar-refractivity contribution in [2.75, 3.05) is 0 Å². The number of nitrogens with zero attached hydrogens (tertiary/aromatic N) is 1. The minimum atomic E-state index is -1.25. The topological polar surface area (TPSA) is 23.8 Å². The Hall–Kier alpha value is -0.650. The first-order valence-corrected chi connectivity index (χ1v) is 8.36.